The Labute approximate surface area is 141 Å². The van der Waals surface area contributed by atoms with Crippen molar-refractivity contribution in [3.8, 4) is 5.75 Å². The molecule has 1 aliphatic rings. The number of nitrogens with zero attached hydrogens (tertiary/aromatic N) is 1. The number of hydrogen-bond acceptors (Lipinski definition) is 4. The predicted octanol–water partition coefficient (Wildman–Crippen LogP) is 1.25. The first-order chi connectivity index (χ1) is 11.5. The molecule has 3 amide bonds. The minimum absolute atomic E-state index is 0.0139. The molecule has 0 aliphatic carbocycles. The molecular formula is C17H23N3O4. The summed E-state index contributed by atoms with van der Waals surface area (Å²) in [4.78, 5) is 37.4. The van der Waals surface area contributed by atoms with Crippen molar-refractivity contribution in [1.29, 1.82) is 0 Å². The average molecular weight is 333 g/mol. The quantitative estimate of drug-likeness (QED) is 0.868. The van der Waals surface area contributed by atoms with Gasteiger partial charge in [-0.2, -0.15) is 0 Å². The summed E-state index contributed by atoms with van der Waals surface area (Å²) in [6, 6.07) is 4.85. The fraction of sp³-hybridized carbons (Fsp3) is 0.471. The van der Waals surface area contributed by atoms with Crippen molar-refractivity contribution in [2.75, 3.05) is 32.6 Å². The predicted molar refractivity (Wildman–Crippen MR) is 90.0 cm³/mol. The number of methoxy groups -OCH3 is 1. The van der Waals surface area contributed by atoms with E-state index in [-0.39, 0.29) is 23.6 Å². The Bertz CT molecular complexity index is 645. The van der Waals surface area contributed by atoms with Gasteiger partial charge in [0.25, 0.3) is 5.91 Å². The molecule has 1 saturated heterocycles. The van der Waals surface area contributed by atoms with Gasteiger partial charge in [-0.15, -0.1) is 0 Å². The molecule has 1 atom stereocenters. The average Bonchev–Trinajstić information content (AvgIpc) is 2.61. The number of anilines is 1. The van der Waals surface area contributed by atoms with Gasteiger partial charge in [0, 0.05) is 32.6 Å². The zero-order chi connectivity index (χ0) is 17.7. The van der Waals surface area contributed by atoms with Crippen LogP contribution in [0.1, 0.15) is 30.1 Å². The summed E-state index contributed by atoms with van der Waals surface area (Å²) >= 11 is 0. The number of carbonyl (C=O) groups is 3. The first-order valence-electron chi connectivity index (χ1n) is 7.92. The molecule has 1 fully saturated rings. The van der Waals surface area contributed by atoms with Gasteiger partial charge in [0.1, 0.15) is 5.75 Å². The van der Waals surface area contributed by atoms with Gasteiger partial charge in [-0.05, 0) is 31.0 Å². The van der Waals surface area contributed by atoms with Crippen LogP contribution in [0.2, 0.25) is 0 Å². The molecule has 1 aromatic carbocycles. The highest BCUT2D eigenvalue weighted by Crippen LogP contribution is 2.27. The Balaban J connectivity index is 2.10. The maximum absolute atomic E-state index is 12.5. The van der Waals surface area contributed by atoms with E-state index in [0.29, 0.717) is 30.1 Å². The van der Waals surface area contributed by atoms with E-state index in [1.54, 1.807) is 30.1 Å². The molecular weight excluding hydrogens is 310 g/mol. The standard InChI is InChI=1S/C17H23N3O4/c1-11(21)20-8-4-5-13(10-20)17(23)19-14-7-6-12(16(22)18-2)9-15(14)24-3/h6-7,9,13H,4-5,8,10H2,1-3H3,(H,18,22)(H,19,23). The molecule has 1 aromatic rings. The maximum Gasteiger partial charge on any atom is 0.251 e. The summed E-state index contributed by atoms with van der Waals surface area (Å²) in [6.07, 6.45) is 1.55. The van der Waals surface area contributed by atoms with Gasteiger partial charge < -0.3 is 20.3 Å². The van der Waals surface area contributed by atoms with E-state index < -0.39 is 0 Å². The number of piperidine rings is 1. The molecule has 24 heavy (non-hydrogen) atoms. The lowest BCUT2D eigenvalue weighted by molar-refractivity contribution is -0.132. The van der Waals surface area contributed by atoms with Crippen LogP contribution >= 0.6 is 0 Å². The van der Waals surface area contributed by atoms with Crippen LogP contribution in [0.15, 0.2) is 18.2 Å². The number of amides is 3. The van der Waals surface area contributed by atoms with Crippen molar-refractivity contribution in [3.05, 3.63) is 23.8 Å². The Morgan fingerprint density at radius 3 is 2.67 bits per heavy atom. The summed E-state index contributed by atoms with van der Waals surface area (Å²) in [5.74, 6) is -0.211. The van der Waals surface area contributed by atoms with Crippen molar-refractivity contribution in [2.45, 2.75) is 19.8 Å². The Hall–Kier alpha value is -2.57. The molecule has 0 radical (unpaired) electrons. The summed E-state index contributed by atoms with van der Waals surface area (Å²) in [5, 5.41) is 5.38. The first kappa shape index (κ1) is 17.8. The van der Waals surface area contributed by atoms with Crippen LogP contribution < -0.4 is 15.4 Å². The monoisotopic (exact) mass is 333 g/mol. The number of nitrogens with one attached hydrogen (secondary N) is 2. The molecule has 1 heterocycles. The van der Waals surface area contributed by atoms with E-state index in [1.165, 1.54) is 14.0 Å². The lowest BCUT2D eigenvalue weighted by Crippen LogP contribution is -2.42. The molecule has 130 valence electrons. The Morgan fingerprint density at radius 2 is 2.04 bits per heavy atom. The third-order valence-corrected chi connectivity index (χ3v) is 4.19. The molecule has 7 nitrogen and oxygen atoms in total. The number of ether oxygens (including phenoxy) is 1. The van der Waals surface area contributed by atoms with Gasteiger partial charge in [-0.1, -0.05) is 0 Å². The zero-order valence-corrected chi connectivity index (χ0v) is 14.2. The van der Waals surface area contributed by atoms with E-state index >= 15 is 0 Å². The van der Waals surface area contributed by atoms with Crippen LogP contribution in [-0.2, 0) is 9.59 Å². The first-order valence-corrected chi connectivity index (χ1v) is 7.92. The highest BCUT2D eigenvalue weighted by molar-refractivity contribution is 5.98. The fourth-order valence-corrected chi connectivity index (χ4v) is 2.79. The lowest BCUT2D eigenvalue weighted by atomic mass is 9.97. The van der Waals surface area contributed by atoms with E-state index in [9.17, 15) is 14.4 Å². The van der Waals surface area contributed by atoms with E-state index in [0.717, 1.165) is 12.8 Å². The highest BCUT2D eigenvalue weighted by atomic mass is 16.5. The van der Waals surface area contributed by atoms with Gasteiger partial charge in [-0.3, -0.25) is 14.4 Å². The topological polar surface area (TPSA) is 87.7 Å². The molecule has 7 heteroatoms. The zero-order valence-electron chi connectivity index (χ0n) is 14.2. The van der Waals surface area contributed by atoms with Crippen LogP contribution in [-0.4, -0.2) is 49.9 Å². The van der Waals surface area contributed by atoms with E-state index in [1.807, 2.05) is 0 Å². The Kier molecular flexibility index (Phi) is 5.78. The number of likely N-dealkylation sites (tertiary alicyclic amines) is 1. The van der Waals surface area contributed by atoms with Crippen LogP contribution in [0.5, 0.6) is 5.75 Å². The van der Waals surface area contributed by atoms with Crippen LogP contribution in [0.4, 0.5) is 5.69 Å². The molecule has 0 saturated carbocycles. The van der Waals surface area contributed by atoms with Crippen molar-refractivity contribution in [2.24, 2.45) is 5.92 Å². The van der Waals surface area contributed by atoms with Gasteiger partial charge in [0.15, 0.2) is 0 Å². The third-order valence-electron chi connectivity index (χ3n) is 4.19. The normalized spacial score (nSPS) is 17.1. The number of carbonyl (C=O) groups excluding carboxylic acids is 3. The smallest absolute Gasteiger partial charge is 0.251 e. The summed E-state index contributed by atoms with van der Waals surface area (Å²) in [5.41, 5.74) is 0.961. The number of benzene rings is 1. The maximum atomic E-state index is 12.5. The molecule has 1 unspecified atom stereocenters. The second-order valence-electron chi connectivity index (χ2n) is 5.79. The molecule has 0 bridgehead atoms. The minimum atomic E-state index is -0.244. The molecule has 2 N–H and O–H groups in total. The van der Waals surface area contributed by atoms with E-state index in [4.69, 9.17) is 4.74 Å². The van der Waals surface area contributed by atoms with Crippen molar-refractivity contribution in [1.82, 2.24) is 10.2 Å². The number of rotatable bonds is 4. The van der Waals surface area contributed by atoms with Crippen molar-refractivity contribution in [3.63, 3.8) is 0 Å². The second-order valence-corrected chi connectivity index (χ2v) is 5.79. The van der Waals surface area contributed by atoms with Crippen molar-refractivity contribution >= 4 is 23.4 Å². The van der Waals surface area contributed by atoms with Gasteiger partial charge >= 0.3 is 0 Å². The second kappa shape index (κ2) is 7.81. The molecule has 2 rings (SSSR count). The molecule has 1 aliphatic heterocycles. The van der Waals surface area contributed by atoms with Gasteiger partial charge in [-0.25, -0.2) is 0 Å². The highest BCUT2D eigenvalue weighted by Gasteiger charge is 2.27. The minimum Gasteiger partial charge on any atom is -0.495 e. The summed E-state index contributed by atoms with van der Waals surface area (Å²) in [6.45, 7) is 2.64. The summed E-state index contributed by atoms with van der Waals surface area (Å²) in [7, 11) is 3.03. The van der Waals surface area contributed by atoms with Gasteiger partial charge in [0.2, 0.25) is 11.8 Å². The summed E-state index contributed by atoms with van der Waals surface area (Å²) < 4.78 is 5.27. The fourth-order valence-electron chi connectivity index (χ4n) is 2.79. The van der Waals surface area contributed by atoms with Crippen LogP contribution in [0.25, 0.3) is 0 Å². The number of hydrogen-bond donors (Lipinski definition) is 2. The van der Waals surface area contributed by atoms with Crippen LogP contribution in [0, 0.1) is 5.92 Å². The van der Waals surface area contributed by atoms with E-state index in [2.05, 4.69) is 10.6 Å². The molecule has 0 spiro atoms. The molecule has 0 aromatic heterocycles. The lowest BCUT2D eigenvalue weighted by Gasteiger charge is -2.31. The SMILES string of the molecule is CNC(=O)c1ccc(NC(=O)C2CCCN(C(C)=O)C2)c(OC)c1. The van der Waals surface area contributed by atoms with Crippen molar-refractivity contribution < 1.29 is 19.1 Å². The van der Waals surface area contributed by atoms with Gasteiger partial charge in [0.05, 0.1) is 18.7 Å². The Morgan fingerprint density at radius 1 is 1.29 bits per heavy atom. The largest absolute Gasteiger partial charge is 0.495 e. The van der Waals surface area contributed by atoms with Crippen LogP contribution in [0.3, 0.4) is 0 Å². The third kappa shape index (κ3) is 4.04.